The van der Waals surface area contributed by atoms with Crippen LogP contribution >= 0.6 is 23.2 Å². The van der Waals surface area contributed by atoms with Crippen molar-refractivity contribution in [2.24, 2.45) is 0 Å². The number of rotatable bonds is 1. The van der Waals surface area contributed by atoms with Gasteiger partial charge in [-0.3, -0.25) is 0 Å². The number of hydrogen-bond donors (Lipinski definition) is 0. The van der Waals surface area contributed by atoms with E-state index in [-0.39, 0.29) is 0 Å². The first-order valence-corrected chi connectivity index (χ1v) is 5.19. The third kappa shape index (κ3) is 2.11. The van der Waals surface area contributed by atoms with Gasteiger partial charge >= 0.3 is 0 Å². The zero-order valence-corrected chi connectivity index (χ0v) is 9.55. The minimum Gasteiger partial charge on any atom is -0.232 e. The van der Waals surface area contributed by atoms with Gasteiger partial charge in [0, 0.05) is 5.56 Å². The summed E-state index contributed by atoms with van der Waals surface area (Å²) in [7, 11) is 0. The number of nitrogens with zero attached hydrogens (tertiary/aromatic N) is 2. The van der Waals surface area contributed by atoms with Crippen LogP contribution in [0.2, 0.25) is 10.2 Å². The Kier molecular flexibility index (Phi) is 2.89. The van der Waals surface area contributed by atoms with Gasteiger partial charge in [-0.2, -0.15) is 0 Å². The zero-order valence-electron chi connectivity index (χ0n) is 8.04. The molecule has 0 saturated heterocycles. The number of halogens is 2. The van der Waals surface area contributed by atoms with Crippen LogP contribution in [0.5, 0.6) is 0 Å². The fraction of sp³-hybridized carbons (Fsp3) is 0.0909. The lowest BCUT2D eigenvalue weighted by Crippen LogP contribution is -1.93. The lowest BCUT2D eigenvalue weighted by molar-refractivity contribution is 1.11. The van der Waals surface area contributed by atoms with Crippen molar-refractivity contribution in [3.05, 3.63) is 46.2 Å². The fourth-order valence-corrected chi connectivity index (χ4v) is 1.54. The normalized spacial score (nSPS) is 10.3. The molecule has 0 spiro atoms. The topological polar surface area (TPSA) is 25.8 Å². The van der Waals surface area contributed by atoms with E-state index in [4.69, 9.17) is 23.2 Å². The van der Waals surface area contributed by atoms with Crippen LogP contribution in [0.25, 0.3) is 11.4 Å². The molecule has 2 rings (SSSR count). The van der Waals surface area contributed by atoms with Crippen LogP contribution in [0.3, 0.4) is 0 Å². The summed E-state index contributed by atoms with van der Waals surface area (Å²) in [6.45, 7) is 1.81. The molecule has 0 atom stereocenters. The summed E-state index contributed by atoms with van der Waals surface area (Å²) in [5.74, 6) is 0.600. The highest BCUT2D eigenvalue weighted by atomic mass is 35.5. The maximum atomic E-state index is 5.89. The van der Waals surface area contributed by atoms with Crippen molar-refractivity contribution in [3.63, 3.8) is 0 Å². The summed E-state index contributed by atoms with van der Waals surface area (Å²) < 4.78 is 0. The number of hydrogen-bond acceptors (Lipinski definition) is 2. The Morgan fingerprint density at radius 3 is 2.27 bits per heavy atom. The first-order valence-electron chi connectivity index (χ1n) is 4.43. The molecular weight excluding hydrogens is 231 g/mol. The molecule has 1 aromatic heterocycles. The zero-order chi connectivity index (χ0) is 10.8. The summed E-state index contributed by atoms with van der Waals surface area (Å²) in [4.78, 5) is 8.40. The van der Waals surface area contributed by atoms with Crippen LogP contribution < -0.4 is 0 Å². The molecule has 2 aromatic rings. The summed E-state index contributed by atoms with van der Waals surface area (Å²) in [6.07, 6.45) is 0. The second-order valence-corrected chi connectivity index (χ2v) is 3.84. The van der Waals surface area contributed by atoms with Crippen LogP contribution in [0.4, 0.5) is 0 Å². The predicted molar refractivity (Wildman–Crippen MR) is 62.2 cm³/mol. The molecule has 0 N–H and O–H groups in total. The fourth-order valence-electron chi connectivity index (χ4n) is 1.24. The van der Waals surface area contributed by atoms with Gasteiger partial charge in [0.1, 0.15) is 0 Å². The van der Waals surface area contributed by atoms with E-state index in [2.05, 4.69) is 9.97 Å². The molecule has 15 heavy (non-hydrogen) atoms. The van der Waals surface area contributed by atoms with Gasteiger partial charge in [-0.1, -0.05) is 53.5 Å². The van der Waals surface area contributed by atoms with Gasteiger partial charge in [-0.15, -0.1) is 0 Å². The molecule has 0 aliphatic carbocycles. The van der Waals surface area contributed by atoms with E-state index in [9.17, 15) is 0 Å². The van der Waals surface area contributed by atoms with Gasteiger partial charge in [0.15, 0.2) is 11.0 Å². The van der Waals surface area contributed by atoms with E-state index in [0.717, 1.165) is 5.56 Å². The third-order valence-corrected chi connectivity index (χ3v) is 2.83. The van der Waals surface area contributed by atoms with Crippen LogP contribution in [-0.4, -0.2) is 9.97 Å². The average molecular weight is 239 g/mol. The molecular formula is C11H8Cl2N2. The van der Waals surface area contributed by atoms with E-state index in [1.165, 1.54) is 0 Å². The van der Waals surface area contributed by atoms with Crippen molar-refractivity contribution in [3.8, 4) is 11.4 Å². The maximum Gasteiger partial charge on any atom is 0.161 e. The lowest BCUT2D eigenvalue weighted by atomic mass is 10.2. The number of aromatic nitrogens is 2. The van der Waals surface area contributed by atoms with Gasteiger partial charge in [-0.05, 0) is 6.92 Å². The van der Waals surface area contributed by atoms with E-state index < -0.39 is 0 Å². The van der Waals surface area contributed by atoms with Gasteiger partial charge in [0.2, 0.25) is 0 Å². The Labute approximate surface area is 97.9 Å². The molecule has 2 nitrogen and oxygen atoms in total. The Hall–Kier alpha value is -1.12. The molecule has 4 heteroatoms. The van der Waals surface area contributed by atoms with Crippen LogP contribution in [0, 0.1) is 6.92 Å². The van der Waals surface area contributed by atoms with Crippen LogP contribution in [-0.2, 0) is 0 Å². The summed E-state index contributed by atoms with van der Waals surface area (Å²) in [5, 5.41) is 0.708. The standard InChI is InChI=1S/C11H8Cl2N2/c1-7-9(12)10(13)15-11(14-7)8-5-3-2-4-6-8/h2-6H,1H3. The lowest BCUT2D eigenvalue weighted by Gasteiger charge is -2.04. The molecule has 0 aliphatic rings. The van der Waals surface area contributed by atoms with E-state index >= 15 is 0 Å². The molecule has 0 unspecified atom stereocenters. The highest BCUT2D eigenvalue weighted by molar-refractivity contribution is 6.41. The molecule has 0 aliphatic heterocycles. The van der Waals surface area contributed by atoms with Gasteiger partial charge in [0.25, 0.3) is 0 Å². The Morgan fingerprint density at radius 1 is 1.00 bits per heavy atom. The average Bonchev–Trinajstić information content (AvgIpc) is 2.26. The minimum absolute atomic E-state index is 0.294. The van der Waals surface area contributed by atoms with Gasteiger partial charge in [0.05, 0.1) is 10.7 Å². The monoisotopic (exact) mass is 238 g/mol. The molecule has 0 amide bonds. The summed E-state index contributed by atoms with van der Waals surface area (Å²) in [6, 6.07) is 9.65. The minimum atomic E-state index is 0.294. The Balaban J connectivity index is 2.56. The Morgan fingerprint density at radius 2 is 1.67 bits per heavy atom. The second-order valence-electron chi connectivity index (χ2n) is 3.10. The van der Waals surface area contributed by atoms with Crippen molar-refractivity contribution in [2.45, 2.75) is 6.92 Å². The summed E-state index contributed by atoms with van der Waals surface area (Å²) in [5.41, 5.74) is 1.62. The molecule has 76 valence electrons. The molecule has 0 saturated carbocycles. The maximum absolute atomic E-state index is 5.89. The largest absolute Gasteiger partial charge is 0.232 e. The van der Waals surface area contributed by atoms with Gasteiger partial charge < -0.3 is 0 Å². The smallest absolute Gasteiger partial charge is 0.161 e. The van der Waals surface area contributed by atoms with Crippen molar-refractivity contribution >= 4 is 23.2 Å². The SMILES string of the molecule is Cc1nc(-c2ccccc2)nc(Cl)c1Cl. The predicted octanol–water partition coefficient (Wildman–Crippen LogP) is 3.76. The van der Waals surface area contributed by atoms with Crippen LogP contribution in [0.1, 0.15) is 5.69 Å². The van der Waals surface area contributed by atoms with E-state index in [1.54, 1.807) is 0 Å². The van der Waals surface area contributed by atoms with Crippen LogP contribution in [0.15, 0.2) is 30.3 Å². The molecule has 1 heterocycles. The first kappa shape index (κ1) is 10.4. The summed E-state index contributed by atoms with van der Waals surface area (Å²) >= 11 is 11.8. The molecule has 0 radical (unpaired) electrons. The quantitative estimate of drug-likeness (QED) is 0.708. The van der Waals surface area contributed by atoms with Crippen molar-refractivity contribution < 1.29 is 0 Å². The van der Waals surface area contributed by atoms with E-state index in [0.29, 0.717) is 21.7 Å². The van der Waals surface area contributed by atoms with Crippen molar-refractivity contribution in [2.75, 3.05) is 0 Å². The van der Waals surface area contributed by atoms with Crippen molar-refractivity contribution in [1.29, 1.82) is 0 Å². The highest BCUT2D eigenvalue weighted by Crippen LogP contribution is 2.25. The number of benzene rings is 1. The first-order chi connectivity index (χ1) is 7.18. The third-order valence-electron chi connectivity index (χ3n) is 2.01. The molecule has 1 aromatic carbocycles. The van der Waals surface area contributed by atoms with Crippen molar-refractivity contribution in [1.82, 2.24) is 9.97 Å². The number of aryl methyl sites for hydroxylation is 1. The highest BCUT2D eigenvalue weighted by Gasteiger charge is 2.08. The Bertz CT molecular complexity index is 460. The second kappa shape index (κ2) is 4.17. The van der Waals surface area contributed by atoms with E-state index in [1.807, 2.05) is 37.3 Å². The van der Waals surface area contributed by atoms with Gasteiger partial charge in [-0.25, -0.2) is 9.97 Å². The molecule has 0 bridgehead atoms. The molecule has 0 fully saturated rings.